The minimum Gasteiger partial charge on any atom is -0.396 e. The number of para-hydroxylation sites is 2. The number of imidazole rings is 1. The van der Waals surface area contributed by atoms with Crippen molar-refractivity contribution in [3.8, 4) is 22.8 Å². The van der Waals surface area contributed by atoms with Crippen LogP contribution in [0.25, 0.3) is 33.8 Å². The fraction of sp³-hybridized carbons (Fsp3) is 0.182. The second kappa shape index (κ2) is 8.20. The molecule has 146 valence electrons. The first-order valence-corrected chi connectivity index (χ1v) is 9.44. The van der Waals surface area contributed by atoms with Crippen LogP contribution in [0.5, 0.6) is 0 Å². The Hall–Kier alpha value is -3.58. The third-order valence-electron chi connectivity index (χ3n) is 4.63. The number of nitrogens with zero attached hydrogens (tertiary/aromatic N) is 3. The van der Waals surface area contributed by atoms with E-state index >= 15 is 0 Å². The minimum atomic E-state index is -0.164. The Morgan fingerprint density at radius 1 is 1.10 bits per heavy atom. The van der Waals surface area contributed by atoms with E-state index in [1.54, 1.807) is 18.3 Å². The van der Waals surface area contributed by atoms with Crippen LogP contribution in [-0.2, 0) is 0 Å². The highest BCUT2D eigenvalue weighted by Gasteiger charge is 2.13. The van der Waals surface area contributed by atoms with E-state index in [-0.39, 0.29) is 12.5 Å². The van der Waals surface area contributed by atoms with Gasteiger partial charge < -0.3 is 15.4 Å². The van der Waals surface area contributed by atoms with Crippen molar-refractivity contribution in [2.75, 3.05) is 13.2 Å². The fourth-order valence-corrected chi connectivity index (χ4v) is 3.05. The SMILES string of the molecule is Cc1ncc(-c2ccc(C(=O)NCCCO)cc2)nc1-c1nc2ccccc2[nH]1. The molecule has 0 aliphatic rings. The van der Waals surface area contributed by atoms with Crippen molar-refractivity contribution in [2.45, 2.75) is 13.3 Å². The Kier molecular flexibility index (Phi) is 5.31. The Balaban J connectivity index is 1.61. The van der Waals surface area contributed by atoms with Gasteiger partial charge >= 0.3 is 0 Å². The Bertz CT molecular complexity index is 1120. The molecule has 0 radical (unpaired) electrons. The normalized spacial score (nSPS) is 11.0. The lowest BCUT2D eigenvalue weighted by atomic mass is 10.1. The third kappa shape index (κ3) is 4.00. The molecule has 0 fully saturated rings. The number of aliphatic hydroxyl groups is 1. The number of hydrogen-bond acceptors (Lipinski definition) is 5. The molecule has 0 spiro atoms. The second-order valence-electron chi connectivity index (χ2n) is 6.70. The van der Waals surface area contributed by atoms with E-state index in [1.807, 2.05) is 43.3 Å². The zero-order chi connectivity index (χ0) is 20.2. The molecule has 1 amide bonds. The molecule has 4 rings (SSSR count). The first-order chi connectivity index (χ1) is 14.2. The van der Waals surface area contributed by atoms with Crippen molar-refractivity contribution in [1.29, 1.82) is 0 Å². The summed E-state index contributed by atoms with van der Waals surface area (Å²) in [5.41, 5.74) is 5.44. The zero-order valence-electron chi connectivity index (χ0n) is 16.0. The van der Waals surface area contributed by atoms with Crippen molar-refractivity contribution >= 4 is 16.9 Å². The van der Waals surface area contributed by atoms with Gasteiger partial charge in [0.25, 0.3) is 5.91 Å². The van der Waals surface area contributed by atoms with Gasteiger partial charge in [-0.2, -0.15) is 0 Å². The lowest BCUT2D eigenvalue weighted by Crippen LogP contribution is -2.24. The lowest BCUT2D eigenvalue weighted by molar-refractivity contribution is 0.0951. The predicted molar refractivity (Wildman–Crippen MR) is 111 cm³/mol. The maximum Gasteiger partial charge on any atom is 0.251 e. The number of benzene rings is 2. The van der Waals surface area contributed by atoms with Crippen LogP contribution in [0.4, 0.5) is 0 Å². The summed E-state index contributed by atoms with van der Waals surface area (Å²) >= 11 is 0. The number of carbonyl (C=O) groups excluding carboxylic acids is 1. The highest BCUT2D eigenvalue weighted by Crippen LogP contribution is 2.24. The first-order valence-electron chi connectivity index (χ1n) is 9.44. The van der Waals surface area contributed by atoms with E-state index in [0.717, 1.165) is 22.3 Å². The largest absolute Gasteiger partial charge is 0.396 e. The van der Waals surface area contributed by atoms with Crippen LogP contribution in [0.1, 0.15) is 22.5 Å². The summed E-state index contributed by atoms with van der Waals surface area (Å²) in [5.74, 6) is 0.515. The monoisotopic (exact) mass is 387 g/mol. The van der Waals surface area contributed by atoms with Crippen LogP contribution >= 0.6 is 0 Å². The molecule has 29 heavy (non-hydrogen) atoms. The quantitative estimate of drug-likeness (QED) is 0.441. The standard InChI is InChI=1S/C22H21N5O2/c1-14-20(21-26-17-5-2-3-6-18(17)27-21)25-19(13-24-14)15-7-9-16(10-8-15)22(29)23-11-4-12-28/h2-3,5-10,13,28H,4,11-12H2,1H3,(H,23,29)(H,26,27). The van der Waals surface area contributed by atoms with Gasteiger partial charge in [-0.15, -0.1) is 0 Å². The maximum atomic E-state index is 12.1. The molecule has 2 heterocycles. The number of hydrogen-bond donors (Lipinski definition) is 3. The van der Waals surface area contributed by atoms with E-state index in [0.29, 0.717) is 35.7 Å². The van der Waals surface area contributed by atoms with E-state index < -0.39 is 0 Å². The molecule has 0 saturated carbocycles. The number of carbonyl (C=O) groups is 1. The van der Waals surface area contributed by atoms with E-state index in [1.165, 1.54) is 0 Å². The number of aliphatic hydroxyl groups excluding tert-OH is 1. The molecular formula is C22H21N5O2. The topological polar surface area (TPSA) is 104 Å². The molecule has 7 heteroatoms. The number of aromatic amines is 1. The molecule has 3 N–H and O–H groups in total. The van der Waals surface area contributed by atoms with Crippen LogP contribution in [0, 0.1) is 6.92 Å². The van der Waals surface area contributed by atoms with Gasteiger partial charge in [0.15, 0.2) is 5.82 Å². The first kappa shape index (κ1) is 18.8. The smallest absolute Gasteiger partial charge is 0.251 e. The van der Waals surface area contributed by atoms with Crippen LogP contribution in [0.3, 0.4) is 0 Å². The Labute approximate surface area is 167 Å². The van der Waals surface area contributed by atoms with Gasteiger partial charge in [-0.3, -0.25) is 9.78 Å². The summed E-state index contributed by atoms with van der Waals surface area (Å²) in [7, 11) is 0. The van der Waals surface area contributed by atoms with Crippen LogP contribution in [0.2, 0.25) is 0 Å². The lowest BCUT2D eigenvalue weighted by Gasteiger charge is -2.07. The van der Waals surface area contributed by atoms with E-state index in [9.17, 15) is 4.79 Å². The Morgan fingerprint density at radius 3 is 2.66 bits per heavy atom. The summed E-state index contributed by atoms with van der Waals surface area (Å²) < 4.78 is 0. The molecule has 0 aliphatic carbocycles. The summed E-state index contributed by atoms with van der Waals surface area (Å²) in [6, 6.07) is 15.0. The molecule has 0 unspecified atom stereocenters. The summed E-state index contributed by atoms with van der Waals surface area (Å²) in [6.07, 6.45) is 2.26. The molecule has 7 nitrogen and oxygen atoms in total. The van der Waals surface area contributed by atoms with Crippen molar-refractivity contribution in [3.05, 3.63) is 66.0 Å². The Morgan fingerprint density at radius 2 is 1.90 bits per heavy atom. The van der Waals surface area contributed by atoms with E-state index in [2.05, 4.69) is 20.3 Å². The van der Waals surface area contributed by atoms with Gasteiger partial charge in [-0.1, -0.05) is 24.3 Å². The molecule has 0 aliphatic heterocycles. The molecule has 2 aromatic carbocycles. The molecule has 2 aromatic heterocycles. The van der Waals surface area contributed by atoms with Crippen molar-refractivity contribution < 1.29 is 9.90 Å². The van der Waals surface area contributed by atoms with Crippen molar-refractivity contribution in [3.63, 3.8) is 0 Å². The van der Waals surface area contributed by atoms with Crippen molar-refractivity contribution in [2.24, 2.45) is 0 Å². The van der Waals surface area contributed by atoms with Crippen LogP contribution < -0.4 is 5.32 Å². The third-order valence-corrected chi connectivity index (χ3v) is 4.63. The molecule has 0 bridgehead atoms. The molecular weight excluding hydrogens is 366 g/mol. The highest BCUT2D eigenvalue weighted by atomic mass is 16.3. The number of amides is 1. The number of fused-ring (bicyclic) bond motifs is 1. The number of aryl methyl sites for hydroxylation is 1. The number of rotatable bonds is 6. The molecule has 4 aromatic rings. The summed E-state index contributed by atoms with van der Waals surface area (Å²) in [4.78, 5) is 29.3. The minimum absolute atomic E-state index is 0.0544. The van der Waals surface area contributed by atoms with Gasteiger partial charge in [-0.25, -0.2) is 9.97 Å². The number of nitrogens with one attached hydrogen (secondary N) is 2. The average molecular weight is 387 g/mol. The highest BCUT2D eigenvalue weighted by molar-refractivity contribution is 5.94. The second-order valence-corrected chi connectivity index (χ2v) is 6.70. The predicted octanol–water partition coefficient (Wildman–Crippen LogP) is 3.11. The fourth-order valence-electron chi connectivity index (χ4n) is 3.05. The molecule has 0 atom stereocenters. The van der Waals surface area contributed by atoms with Gasteiger partial charge in [0.1, 0.15) is 5.69 Å². The number of aromatic nitrogens is 4. The summed E-state index contributed by atoms with van der Waals surface area (Å²) in [6.45, 7) is 2.40. The van der Waals surface area contributed by atoms with Gasteiger partial charge in [0.05, 0.1) is 28.6 Å². The van der Waals surface area contributed by atoms with Gasteiger partial charge in [0, 0.05) is 24.3 Å². The van der Waals surface area contributed by atoms with Gasteiger partial charge in [-0.05, 0) is 37.6 Å². The van der Waals surface area contributed by atoms with Crippen LogP contribution in [-0.4, -0.2) is 44.1 Å². The maximum absolute atomic E-state index is 12.1. The van der Waals surface area contributed by atoms with E-state index in [4.69, 9.17) is 10.1 Å². The average Bonchev–Trinajstić information content (AvgIpc) is 3.18. The van der Waals surface area contributed by atoms with Crippen molar-refractivity contribution in [1.82, 2.24) is 25.3 Å². The summed E-state index contributed by atoms with van der Waals surface area (Å²) in [5, 5.41) is 11.6. The number of H-pyrrole nitrogens is 1. The van der Waals surface area contributed by atoms with Gasteiger partial charge in [0.2, 0.25) is 0 Å². The molecule has 0 saturated heterocycles. The van der Waals surface area contributed by atoms with Crippen LogP contribution in [0.15, 0.2) is 54.7 Å². The zero-order valence-corrected chi connectivity index (χ0v) is 16.0.